The third-order valence-corrected chi connectivity index (χ3v) is 5.40. The molecule has 1 aromatic carbocycles. The number of benzene rings is 1. The SMILES string of the molecule is COc1cccc2cc([C@](C)(CC(=O)O)N[S+]([O-])C(C)(C)C)oc12. The molecule has 2 atom stereocenters. The van der Waals surface area contributed by atoms with E-state index < -0.39 is 27.6 Å². The Bertz CT molecular complexity index is 736. The molecule has 0 fully saturated rings. The van der Waals surface area contributed by atoms with Gasteiger partial charge in [-0.05, 0) is 39.8 Å². The van der Waals surface area contributed by atoms with Crippen molar-refractivity contribution in [3.05, 3.63) is 30.0 Å². The zero-order chi connectivity index (χ0) is 18.1. The van der Waals surface area contributed by atoms with Crippen molar-refractivity contribution < 1.29 is 23.6 Å². The molecule has 1 aromatic heterocycles. The number of nitrogens with one attached hydrogen (secondary N) is 1. The number of para-hydroxylation sites is 1. The quantitative estimate of drug-likeness (QED) is 0.775. The van der Waals surface area contributed by atoms with Crippen LogP contribution in [0.25, 0.3) is 11.0 Å². The van der Waals surface area contributed by atoms with Crippen molar-refractivity contribution in [2.45, 2.75) is 44.4 Å². The number of carboxylic acid groups (broad SMARTS) is 1. The van der Waals surface area contributed by atoms with Gasteiger partial charge in [0.2, 0.25) is 0 Å². The van der Waals surface area contributed by atoms with E-state index in [4.69, 9.17) is 9.15 Å². The topological polar surface area (TPSA) is 94.8 Å². The van der Waals surface area contributed by atoms with Crippen LogP contribution in [0.4, 0.5) is 0 Å². The molecule has 1 unspecified atom stereocenters. The maximum absolute atomic E-state index is 12.5. The molecule has 2 rings (SSSR count). The minimum Gasteiger partial charge on any atom is -0.598 e. The van der Waals surface area contributed by atoms with Gasteiger partial charge >= 0.3 is 5.97 Å². The molecule has 0 saturated heterocycles. The van der Waals surface area contributed by atoms with Crippen molar-refractivity contribution in [1.29, 1.82) is 0 Å². The number of hydrogen-bond acceptors (Lipinski definition) is 5. The number of hydrogen-bond donors (Lipinski definition) is 2. The van der Waals surface area contributed by atoms with Crippen molar-refractivity contribution in [2.24, 2.45) is 0 Å². The molecule has 0 aliphatic heterocycles. The van der Waals surface area contributed by atoms with E-state index in [9.17, 15) is 14.5 Å². The summed E-state index contributed by atoms with van der Waals surface area (Å²) in [4.78, 5) is 11.4. The molecule has 2 aromatic rings. The average molecular weight is 353 g/mol. The molecule has 1 heterocycles. The lowest BCUT2D eigenvalue weighted by molar-refractivity contribution is -0.138. The average Bonchev–Trinajstić information content (AvgIpc) is 2.89. The molecule has 2 N–H and O–H groups in total. The number of ether oxygens (including phenoxy) is 1. The van der Waals surface area contributed by atoms with Crippen LogP contribution in [-0.4, -0.2) is 27.5 Å². The summed E-state index contributed by atoms with van der Waals surface area (Å²) >= 11 is -1.46. The highest BCUT2D eigenvalue weighted by Crippen LogP contribution is 2.36. The molecule has 24 heavy (non-hydrogen) atoms. The van der Waals surface area contributed by atoms with Gasteiger partial charge in [0.1, 0.15) is 16.0 Å². The first-order valence-electron chi connectivity index (χ1n) is 7.55. The van der Waals surface area contributed by atoms with E-state index in [-0.39, 0.29) is 6.42 Å². The largest absolute Gasteiger partial charge is 0.598 e. The standard InChI is InChI=1S/C17H23NO5S/c1-16(2,3)24(21)18-17(4,10-14(19)20)13-9-11-7-6-8-12(22-5)15(11)23-13/h6-9,18H,10H2,1-5H3,(H,19,20)/t17-,24?/m0/s1. The predicted molar refractivity (Wildman–Crippen MR) is 93.4 cm³/mol. The number of carboxylic acids is 1. The zero-order valence-corrected chi connectivity index (χ0v) is 15.3. The van der Waals surface area contributed by atoms with Gasteiger partial charge < -0.3 is 18.8 Å². The van der Waals surface area contributed by atoms with Gasteiger partial charge in [0.15, 0.2) is 11.3 Å². The molecule has 0 radical (unpaired) electrons. The van der Waals surface area contributed by atoms with Crippen molar-refractivity contribution in [2.75, 3.05) is 7.11 Å². The Balaban J connectivity index is 2.49. The van der Waals surface area contributed by atoms with Crippen molar-refractivity contribution in [1.82, 2.24) is 4.72 Å². The van der Waals surface area contributed by atoms with E-state index in [0.717, 1.165) is 5.39 Å². The minimum atomic E-state index is -1.46. The first kappa shape index (κ1) is 18.6. The molecule has 0 bridgehead atoms. The van der Waals surface area contributed by atoms with Crippen LogP contribution in [0.1, 0.15) is 39.9 Å². The van der Waals surface area contributed by atoms with Gasteiger partial charge in [0.05, 0.1) is 13.5 Å². The molecule has 0 aliphatic carbocycles. The van der Waals surface area contributed by atoms with Crippen LogP contribution in [0.3, 0.4) is 0 Å². The zero-order valence-electron chi connectivity index (χ0n) is 14.5. The molecule has 0 amide bonds. The van der Waals surface area contributed by atoms with Gasteiger partial charge in [-0.2, -0.15) is 0 Å². The smallest absolute Gasteiger partial charge is 0.305 e. The van der Waals surface area contributed by atoms with Crippen LogP contribution in [-0.2, 0) is 21.7 Å². The fourth-order valence-corrected chi connectivity index (χ4v) is 3.19. The highest BCUT2D eigenvalue weighted by Gasteiger charge is 2.41. The monoisotopic (exact) mass is 353 g/mol. The second-order valence-electron chi connectivity index (χ2n) is 6.88. The summed E-state index contributed by atoms with van der Waals surface area (Å²) in [7, 11) is 1.54. The number of fused-ring (bicyclic) bond motifs is 1. The highest BCUT2D eigenvalue weighted by atomic mass is 32.2. The fraction of sp³-hybridized carbons (Fsp3) is 0.471. The molecule has 0 spiro atoms. The Morgan fingerprint density at radius 2 is 2.04 bits per heavy atom. The number of aliphatic carboxylic acids is 1. The van der Waals surface area contributed by atoms with Crippen molar-refractivity contribution in [3.8, 4) is 5.75 Å². The Kier molecular flexibility index (Phi) is 5.17. The molecule has 0 saturated carbocycles. The number of carbonyl (C=O) groups is 1. The highest BCUT2D eigenvalue weighted by molar-refractivity contribution is 7.90. The second-order valence-corrected chi connectivity index (χ2v) is 8.84. The maximum Gasteiger partial charge on any atom is 0.305 e. The summed E-state index contributed by atoms with van der Waals surface area (Å²) in [5.41, 5.74) is -0.580. The molecular weight excluding hydrogens is 330 g/mol. The predicted octanol–water partition coefficient (Wildman–Crippen LogP) is 3.18. The summed E-state index contributed by atoms with van der Waals surface area (Å²) in [6, 6.07) is 7.21. The summed E-state index contributed by atoms with van der Waals surface area (Å²) in [6.45, 7) is 7.13. The van der Waals surface area contributed by atoms with E-state index in [1.807, 2.05) is 32.9 Å². The van der Waals surface area contributed by atoms with E-state index in [1.54, 1.807) is 26.2 Å². The number of rotatable bonds is 6. The van der Waals surface area contributed by atoms with E-state index in [1.165, 1.54) is 0 Å². The van der Waals surface area contributed by atoms with E-state index in [0.29, 0.717) is 17.1 Å². The number of furan rings is 1. The fourth-order valence-electron chi connectivity index (χ4n) is 2.30. The first-order chi connectivity index (χ1) is 11.1. The van der Waals surface area contributed by atoms with Crippen LogP contribution in [0.5, 0.6) is 5.75 Å². The van der Waals surface area contributed by atoms with Crippen LogP contribution >= 0.6 is 0 Å². The minimum absolute atomic E-state index is 0.267. The van der Waals surface area contributed by atoms with Crippen LogP contribution < -0.4 is 9.46 Å². The van der Waals surface area contributed by atoms with Crippen LogP contribution in [0.15, 0.2) is 28.7 Å². The molecular formula is C17H23NO5S. The van der Waals surface area contributed by atoms with E-state index >= 15 is 0 Å². The molecule has 7 heteroatoms. The molecule has 0 aliphatic rings. The van der Waals surface area contributed by atoms with Gasteiger partial charge in [0.25, 0.3) is 0 Å². The van der Waals surface area contributed by atoms with E-state index in [2.05, 4.69) is 4.72 Å². The van der Waals surface area contributed by atoms with Crippen molar-refractivity contribution >= 4 is 28.3 Å². The lowest BCUT2D eigenvalue weighted by Gasteiger charge is -2.32. The Morgan fingerprint density at radius 1 is 1.38 bits per heavy atom. The molecule has 132 valence electrons. The maximum atomic E-state index is 12.5. The first-order valence-corrected chi connectivity index (χ1v) is 8.70. The summed E-state index contributed by atoms with van der Waals surface area (Å²) < 4.78 is 26.1. The normalized spacial score (nSPS) is 15.9. The second kappa shape index (κ2) is 6.66. The molecule has 6 nitrogen and oxygen atoms in total. The lowest BCUT2D eigenvalue weighted by Crippen LogP contribution is -2.50. The Morgan fingerprint density at radius 3 is 2.58 bits per heavy atom. The van der Waals surface area contributed by atoms with Gasteiger partial charge in [-0.1, -0.05) is 12.1 Å². The summed E-state index contributed by atoms with van der Waals surface area (Å²) in [6.07, 6.45) is -0.267. The summed E-state index contributed by atoms with van der Waals surface area (Å²) in [5.74, 6) is -0.0429. The Labute approximate surface area is 144 Å². The van der Waals surface area contributed by atoms with Crippen LogP contribution in [0.2, 0.25) is 0 Å². The van der Waals surface area contributed by atoms with Crippen molar-refractivity contribution in [3.63, 3.8) is 0 Å². The Hall–Kier alpha value is -1.70. The third kappa shape index (κ3) is 3.85. The van der Waals surface area contributed by atoms with Gasteiger partial charge in [0, 0.05) is 16.7 Å². The number of methoxy groups -OCH3 is 1. The van der Waals surface area contributed by atoms with Gasteiger partial charge in [-0.15, -0.1) is 4.72 Å². The summed E-state index contributed by atoms with van der Waals surface area (Å²) in [5, 5.41) is 10.1. The van der Waals surface area contributed by atoms with Crippen LogP contribution in [0, 0.1) is 0 Å². The van der Waals surface area contributed by atoms with Gasteiger partial charge in [-0.3, -0.25) is 4.79 Å². The van der Waals surface area contributed by atoms with Gasteiger partial charge in [-0.25, -0.2) is 0 Å². The lowest BCUT2D eigenvalue weighted by atomic mass is 9.96. The third-order valence-electron chi connectivity index (χ3n) is 3.65.